The molecule has 8 nitrogen and oxygen atoms in total. The van der Waals surface area contributed by atoms with Crippen LogP contribution in [0.3, 0.4) is 0 Å². The summed E-state index contributed by atoms with van der Waals surface area (Å²) in [6.45, 7) is 2.46. The first-order chi connectivity index (χ1) is 10.7. The van der Waals surface area contributed by atoms with Crippen molar-refractivity contribution in [3.05, 3.63) is 0 Å². The standard InChI is InChI=1S/C14H25N3O5S/c1-10(13(18)19)8-16(2)14(20)15-11-4-3-7-17(9-11)23(21,22)12-5-6-12/h10-12H,3-9H2,1-2H3,(H,15,20)(H,18,19)/t10?,11-/m1/s1. The van der Waals surface area contributed by atoms with Crippen molar-refractivity contribution >= 4 is 22.0 Å². The number of nitrogens with zero attached hydrogens (tertiary/aromatic N) is 2. The van der Waals surface area contributed by atoms with Gasteiger partial charge in [0, 0.05) is 32.7 Å². The van der Waals surface area contributed by atoms with Gasteiger partial charge in [0.25, 0.3) is 0 Å². The van der Waals surface area contributed by atoms with Gasteiger partial charge < -0.3 is 15.3 Å². The molecular formula is C14H25N3O5S. The Labute approximate surface area is 136 Å². The molecule has 1 saturated heterocycles. The third kappa shape index (κ3) is 4.57. The number of carboxylic acid groups (broad SMARTS) is 1. The number of nitrogens with one attached hydrogen (secondary N) is 1. The minimum absolute atomic E-state index is 0.109. The summed E-state index contributed by atoms with van der Waals surface area (Å²) < 4.78 is 26.0. The molecule has 2 atom stereocenters. The number of carboxylic acids is 1. The van der Waals surface area contributed by atoms with Crippen LogP contribution in [0.5, 0.6) is 0 Å². The monoisotopic (exact) mass is 347 g/mol. The molecule has 2 N–H and O–H groups in total. The fraction of sp³-hybridized carbons (Fsp3) is 0.857. The predicted molar refractivity (Wildman–Crippen MR) is 84.5 cm³/mol. The topological polar surface area (TPSA) is 107 Å². The molecule has 0 aromatic rings. The van der Waals surface area contributed by atoms with Crippen molar-refractivity contribution in [1.82, 2.24) is 14.5 Å². The van der Waals surface area contributed by atoms with Crippen LogP contribution in [0, 0.1) is 5.92 Å². The van der Waals surface area contributed by atoms with E-state index in [0.717, 1.165) is 19.3 Å². The van der Waals surface area contributed by atoms with Crippen LogP contribution in [0.1, 0.15) is 32.6 Å². The number of sulfonamides is 1. The molecule has 1 saturated carbocycles. The van der Waals surface area contributed by atoms with Crippen molar-refractivity contribution in [3.63, 3.8) is 0 Å². The molecule has 9 heteroatoms. The van der Waals surface area contributed by atoms with E-state index in [4.69, 9.17) is 5.11 Å². The Bertz CT molecular complexity index is 561. The zero-order chi connectivity index (χ0) is 17.2. The Morgan fingerprint density at radius 1 is 1.35 bits per heavy atom. The van der Waals surface area contributed by atoms with Crippen molar-refractivity contribution in [2.45, 2.75) is 43.9 Å². The number of aliphatic carboxylic acids is 1. The largest absolute Gasteiger partial charge is 0.481 e. The summed E-state index contributed by atoms with van der Waals surface area (Å²) in [6, 6.07) is -0.596. The number of amides is 2. The second-order valence-corrected chi connectivity index (χ2v) is 8.72. The predicted octanol–water partition coefficient (Wildman–Crippen LogP) is 0.305. The molecule has 0 bridgehead atoms. The Kier molecular flexibility index (Phi) is 5.51. The van der Waals surface area contributed by atoms with Gasteiger partial charge in [-0.1, -0.05) is 6.92 Å². The number of carbonyl (C=O) groups is 2. The molecule has 1 heterocycles. The van der Waals surface area contributed by atoms with E-state index in [-0.39, 0.29) is 23.9 Å². The van der Waals surface area contributed by atoms with Gasteiger partial charge in [0.1, 0.15) is 0 Å². The second kappa shape index (κ2) is 7.04. The first-order valence-corrected chi connectivity index (χ1v) is 9.45. The Morgan fingerprint density at radius 2 is 2.00 bits per heavy atom. The molecule has 2 rings (SSSR count). The van der Waals surface area contributed by atoms with Gasteiger partial charge >= 0.3 is 12.0 Å². The van der Waals surface area contributed by atoms with E-state index in [9.17, 15) is 18.0 Å². The Balaban J connectivity index is 1.87. The van der Waals surface area contributed by atoms with Crippen molar-refractivity contribution in [1.29, 1.82) is 0 Å². The molecule has 2 aliphatic rings. The summed E-state index contributed by atoms with van der Waals surface area (Å²) in [5.74, 6) is -1.60. The van der Waals surface area contributed by atoms with Crippen molar-refractivity contribution in [2.24, 2.45) is 5.92 Å². The fourth-order valence-electron chi connectivity index (χ4n) is 2.72. The highest BCUT2D eigenvalue weighted by Gasteiger charge is 2.41. The highest BCUT2D eigenvalue weighted by molar-refractivity contribution is 7.90. The average molecular weight is 347 g/mol. The van der Waals surface area contributed by atoms with E-state index < -0.39 is 21.9 Å². The molecule has 0 spiro atoms. The highest BCUT2D eigenvalue weighted by Crippen LogP contribution is 2.32. The third-order valence-corrected chi connectivity index (χ3v) is 6.70. The van der Waals surface area contributed by atoms with Crippen LogP contribution < -0.4 is 5.32 Å². The summed E-state index contributed by atoms with van der Waals surface area (Å²) in [6.07, 6.45) is 2.90. The van der Waals surface area contributed by atoms with Crippen LogP contribution in [0.15, 0.2) is 0 Å². The van der Waals surface area contributed by atoms with Gasteiger partial charge in [-0.05, 0) is 25.7 Å². The van der Waals surface area contributed by atoms with Gasteiger partial charge in [0.2, 0.25) is 10.0 Å². The van der Waals surface area contributed by atoms with Crippen LogP contribution in [0.4, 0.5) is 4.79 Å². The lowest BCUT2D eigenvalue weighted by atomic mass is 10.1. The lowest BCUT2D eigenvalue weighted by Gasteiger charge is -2.33. The van der Waals surface area contributed by atoms with E-state index in [0.29, 0.717) is 19.5 Å². The lowest BCUT2D eigenvalue weighted by molar-refractivity contribution is -0.141. The van der Waals surface area contributed by atoms with Gasteiger partial charge in [0.05, 0.1) is 11.2 Å². The minimum atomic E-state index is -3.22. The smallest absolute Gasteiger partial charge is 0.317 e. The molecule has 1 unspecified atom stereocenters. The van der Waals surface area contributed by atoms with E-state index >= 15 is 0 Å². The number of hydrogen-bond donors (Lipinski definition) is 2. The fourth-order valence-corrected chi connectivity index (χ4v) is 4.65. The zero-order valence-corrected chi connectivity index (χ0v) is 14.4. The maximum atomic E-state index is 12.3. The van der Waals surface area contributed by atoms with Crippen molar-refractivity contribution in [3.8, 4) is 0 Å². The minimum Gasteiger partial charge on any atom is -0.481 e. The number of piperidine rings is 1. The van der Waals surface area contributed by atoms with Crippen molar-refractivity contribution in [2.75, 3.05) is 26.7 Å². The molecule has 0 aromatic carbocycles. The summed E-state index contributed by atoms with van der Waals surface area (Å²) in [4.78, 5) is 24.3. The molecule has 2 amide bonds. The van der Waals surface area contributed by atoms with E-state index in [2.05, 4.69) is 5.32 Å². The highest BCUT2D eigenvalue weighted by atomic mass is 32.2. The van der Waals surface area contributed by atoms with Crippen LogP contribution in [-0.4, -0.2) is 72.7 Å². The first kappa shape index (κ1) is 18.0. The first-order valence-electron chi connectivity index (χ1n) is 7.95. The van der Waals surface area contributed by atoms with Gasteiger partial charge in [-0.2, -0.15) is 4.31 Å². The van der Waals surface area contributed by atoms with Gasteiger partial charge in [0.15, 0.2) is 0 Å². The Morgan fingerprint density at radius 3 is 2.57 bits per heavy atom. The number of rotatable bonds is 6. The molecule has 0 radical (unpaired) electrons. The second-order valence-electron chi connectivity index (χ2n) is 6.51. The number of hydrogen-bond acceptors (Lipinski definition) is 4. The van der Waals surface area contributed by atoms with Gasteiger partial charge in [-0.15, -0.1) is 0 Å². The maximum absolute atomic E-state index is 12.3. The van der Waals surface area contributed by atoms with Crippen LogP contribution in [0.25, 0.3) is 0 Å². The third-order valence-electron chi connectivity index (χ3n) is 4.33. The average Bonchev–Trinajstić information content (AvgIpc) is 3.32. The van der Waals surface area contributed by atoms with Crippen LogP contribution in [0.2, 0.25) is 0 Å². The Hall–Kier alpha value is -1.35. The number of carbonyl (C=O) groups excluding carboxylic acids is 1. The summed E-state index contributed by atoms with van der Waals surface area (Å²) in [5, 5.41) is 11.5. The van der Waals surface area contributed by atoms with Crippen LogP contribution in [-0.2, 0) is 14.8 Å². The van der Waals surface area contributed by atoms with Crippen molar-refractivity contribution < 1.29 is 23.1 Å². The molecule has 0 aromatic heterocycles. The van der Waals surface area contributed by atoms with Gasteiger partial charge in [-0.25, -0.2) is 13.2 Å². The zero-order valence-electron chi connectivity index (χ0n) is 13.6. The van der Waals surface area contributed by atoms with E-state index in [1.165, 1.54) is 23.2 Å². The maximum Gasteiger partial charge on any atom is 0.317 e. The molecule has 2 fully saturated rings. The normalized spacial score (nSPS) is 24.0. The lowest BCUT2D eigenvalue weighted by Crippen LogP contribution is -2.53. The summed E-state index contributed by atoms with van der Waals surface area (Å²) >= 11 is 0. The molecular weight excluding hydrogens is 322 g/mol. The summed E-state index contributed by atoms with van der Waals surface area (Å²) in [7, 11) is -1.68. The molecule has 132 valence electrons. The molecule has 1 aliphatic carbocycles. The number of urea groups is 1. The van der Waals surface area contributed by atoms with Crippen LogP contribution >= 0.6 is 0 Å². The van der Waals surface area contributed by atoms with E-state index in [1.807, 2.05) is 0 Å². The molecule has 23 heavy (non-hydrogen) atoms. The summed E-state index contributed by atoms with van der Waals surface area (Å²) in [5.41, 5.74) is 0. The van der Waals surface area contributed by atoms with Gasteiger partial charge in [-0.3, -0.25) is 4.79 Å². The molecule has 1 aliphatic heterocycles. The quantitative estimate of drug-likeness (QED) is 0.719. The SMILES string of the molecule is CC(CN(C)C(=O)N[C@@H]1CCCN(S(=O)(=O)C2CC2)C1)C(=O)O. The van der Waals surface area contributed by atoms with E-state index in [1.54, 1.807) is 0 Å².